The van der Waals surface area contributed by atoms with Gasteiger partial charge in [-0.05, 0) is 30.2 Å². The predicted molar refractivity (Wildman–Crippen MR) is 67.5 cm³/mol. The molecule has 1 unspecified atom stereocenters. The lowest BCUT2D eigenvalue weighted by Gasteiger charge is -2.38. The first-order chi connectivity index (χ1) is 7.44. The van der Waals surface area contributed by atoms with Gasteiger partial charge in [0.15, 0.2) is 0 Å². The van der Waals surface area contributed by atoms with Crippen molar-refractivity contribution in [2.75, 3.05) is 26.2 Å². The highest BCUT2D eigenvalue weighted by molar-refractivity contribution is 5.19. The molecule has 2 saturated heterocycles. The Balaban J connectivity index is 1.70. The fourth-order valence-electron chi connectivity index (χ4n) is 4.32. The summed E-state index contributed by atoms with van der Waals surface area (Å²) in [6.45, 7) is 15.1. The molecule has 0 aromatic heterocycles. The molecule has 2 aliphatic heterocycles. The lowest BCUT2D eigenvalue weighted by atomic mass is 10.0. The number of hydrogen-bond acceptors (Lipinski definition) is 2. The molecule has 3 fully saturated rings. The first-order valence-corrected chi connectivity index (χ1v) is 6.93. The second-order valence-corrected chi connectivity index (χ2v) is 7.17. The summed E-state index contributed by atoms with van der Waals surface area (Å²) in [4.78, 5) is 5.49. The second-order valence-electron chi connectivity index (χ2n) is 7.17. The van der Waals surface area contributed by atoms with Crippen molar-refractivity contribution in [3.63, 3.8) is 0 Å². The fourth-order valence-corrected chi connectivity index (χ4v) is 4.32. The monoisotopic (exact) mass is 222 g/mol. The Morgan fingerprint density at radius 2 is 1.50 bits per heavy atom. The van der Waals surface area contributed by atoms with Gasteiger partial charge < -0.3 is 0 Å². The summed E-state index contributed by atoms with van der Waals surface area (Å²) in [5, 5.41) is 0. The summed E-state index contributed by atoms with van der Waals surface area (Å²) >= 11 is 0. The highest BCUT2D eigenvalue weighted by Crippen LogP contribution is 2.65. The Hall–Kier alpha value is -0.0800. The van der Waals surface area contributed by atoms with Gasteiger partial charge in [-0.1, -0.05) is 27.7 Å². The molecule has 2 heterocycles. The summed E-state index contributed by atoms with van der Waals surface area (Å²) in [5.74, 6) is 0. The minimum absolute atomic E-state index is 0.522. The highest BCUT2D eigenvalue weighted by Gasteiger charge is 2.67. The summed E-state index contributed by atoms with van der Waals surface area (Å²) in [6, 6.07) is 1.70. The average molecular weight is 222 g/mol. The first-order valence-electron chi connectivity index (χ1n) is 6.93. The molecule has 0 aromatic rings. The van der Waals surface area contributed by atoms with Crippen molar-refractivity contribution in [3.8, 4) is 0 Å². The van der Waals surface area contributed by atoms with Gasteiger partial charge in [-0.2, -0.15) is 0 Å². The summed E-state index contributed by atoms with van der Waals surface area (Å²) in [5.41, 5.74) is 1.04. The topological polar surface area (TPSA) is 6.48 Å². The zero-order valence-electron chi connectivity index (χ0n) is 11.3. The van der Waals surface area contributed by atoms with E-state index in [-0.39, 0.29) is 0 Å². The van der Waals surface area contributed by atoms with E-state index >= 15 is 0 Å². The van der Waals surface area contributed by atoms with E-state index in [0.717, 1.165) is 12.1 Å². The molecule has 1 saturated carbocycles. The van der Waals surface area contributed by atoms with Crippen LogP contribution in [-0.4, -0.2) is 48.1 Å². The lowest BCUT2D eigenvalue weighted by Crippen LogP contribution is -2.51. The average Bonchev–Trinajstić information content (AvgIpc) is 2.56. The van der Waals surface area contributed by atoms with Crippen molar-refractivity contribution in [1.29, 1.82) is 0 Å². The molecule has 2 heteroatoms. The zero-order chi connectivity index (χ0) is 11.6. The Morgan fingerprint density at radius 1 is 0.875 bits per heavy atom. The standard InChI is InChI=1S/C14H26N2/c1-13(2)12(14(13,3)4)16-9-8-15-7-5-6-11(15)10-16/h11-12H,5-10H2,1-4H3. The second kappa shape index (κ2) is 3.23. The van der Waals surface area contributed by atoms with E-state index in [1.807, 2.05) is 0 Å². The molecule has 2 nitrogen and oxygen atoms in total. The summed E-state index contributed by atoms with van der Waals surface area (Å²) in [6.07, 6.45) is 2.86. The van der Waals surface area contributed by atoms with Crippen LogP contribution in [0.4, 0.5) is 0 Å². The van der Waals surface area contributed by atoms with Gasteiger partial charge in [-0.15, -0.1) is 0 Å². The number of hydrogen-bond donors (Lipinski definition) is 0. The molecule has 1 aliphatic carbocycles. The van der Waals surface area contributed by atoms with Crippen LogP contribution in [0.15, 0.2) is 0 Å². The Labute approximate surface area is 100.0 Å². The van der Waals surface area contributed by atoms with Crippen LogP contribution >= 0.6 is 0 Å². The maximum atomic E-state index is 2.78. The molecule has 0 amide bonds. The first kappa shape index (κ1) is 11.0. The van der Waals surface area contributed by atoms with E-state index < -0.39 is 0 Å². The van der Waals surface area contributed by atoms with Crippen molar-refractivity contribution < 1.29 is 0 Å². The molecule has 0 aromatic carbocycles. The molecule has 0 N–H and O–H groups in total. The zero-order valence-corrected chi connectivity index (χ0v) is 11.3. The Bertz CT molecular complexity index is 281. The van der Waals surface area contributed by atoms with E-state index in [0.29, 0.717) is 10.8 Å². The Kier molecular flexibility index (Phi) is 2.23. The molecular formula is C14H26N2. The van der Waals surface area contributed by atoms with Crippen LogP contribution < -0.4 is 0 Å². The normalized spacial score (nSPS) is 38.6. The van der Waals surface area contributed by atoms with Crippen LogP contribution in [0.3, 0.4) is 0 Å². The largest absolute Gasteiger partial charge is 0.298 e. The third-order valence-electron chi connectivity index (χ3n) is 5.93. The van der Waals surface area contributed by atoms with Gasteiger partial charge in [0.1, 0.15) is 0 Å². The molecule has 0 spiro atoms. The van der Waals surface area contributed by atoms with Gasteiger partial charge in [-0.3, -0.25) is 9.80 Å². The minimum atomic E-state index is 0.522. The maximum Gasteiger partial charge on any atom is 0.0224 e. The molecule has 1 atom stereocenters. The van der Waals surface area contributed by atoms with Gasteiger partial charge in [0, 0.05) is 31.7 Å². The maximum absolute atomic E-state index is 2.78. The van der Waals surface area contributed by atoms with E-state index in [9.17, 15) is 0 Å². The van der Waals surface area contributed by atoms with Crippen molar-refractivity contribution in [3.05, 3.63) is 0 Å². The third kappa shape index (κ3) is 1.32. The molecule has 3 rings (SSSR count). The van der Waals surface area contributed by atoms with Crippen LogP contribution in [-0.2, 0) is 0 Å². The van der Waals surface area contributed by atoms with Crippen molar-refractivity contribution in [1.82, 2.24) is 9.80 Å². The number of fused-ring (bicyclic) bond motifs is 1. The van der Waals surface area contributed by atoms with E-state index in [2.05, 4.69) is 37.5 Å². The highest BCUT2D eigenvalue weighted by atomic mass is 15.3. The molecule has 3 aliphatic rings. The fraction of sp³-hybridized carbons (Fsp3) is 1.00. The van der Waals surface area contributed by atoms with Gasteiger partial charge in [-0.25, -0.2) is 0 Å². The predicted octanol–water partition coefficient (Wildman–Crippen LogP) is 2.20. The third-order valence-corrected chi connectivity index (χ3v) is 5.93. The molecule has 92 valence electrons. The molecule has 0 bridgehead atoms. The SMILES string of the molecule is CC1(C)C(N2CCN3CCCC3C2)C1(C)C. The summed E-state index contributed by atoms with van der Waals surface area (Å²) in [7, 11) is 0. The van der Waals surface area contributed by atoms with Crippen LogP contribution in [0.25, 0.3) is 0 Å². The van der Waals surface area contributed by atoms with Crippen LogP contribution in [0.2, 0.25) is 0 Å². The van der Waals surface area contributed by atoms with E-state index in [1.54, 1.807) is 0 Å². The quantitative estimate of drug-likeness (QED) is 0.671. The van der Waals surface area contributed by atoms with Gasteiger partial charge >= 0.3 is 0 Å². The van der Waals surface area contributed by atoms with Gasteiger partial charge in [0.2, 0.25) is 0 Å². The van der Waals surface area contributed by atoms with Crippen LogP contribution in [0.1, 0.15) is 40.5 Å². The van der Waals surface area contributed by atoms with Gasteiger partial charge in [0.25, 0.3) is 0 Å². The lowest BCUT2D eigenvalue weighted by molar-refractivity contribution is 0.0853. The molecule has 0 radical (unpaired) electrons. The van der Waals surface area contributed by atoms with Crippen molar-refractivity contribution in [2.45, 2.75) is 52.6 Å². The minimum Gasteiger partial charge on any atom is -0.298 e. The van der Waals surface area contributed by atoms with Gasteiger partial charge in [0.05, 0.1) is 0 Å². The molecular weight excluding hydrogens is 196 g/mol. The van der Waals surface area contributed by atoms with E-state index in [1.165, 1.54) is 39.0 Å². The van der Waals surface area contributed by atoms with Crippen molar-refractivity contribution >= 4 is 0 Å². The Morgan fingerprint density at radius 3 is 2.12 bits per heavy atom. The molecule has 16 heavy (non-hydrogen) atoms. The van der Waals surface area contributed by atoms with E-state index in [4.69, 9.17) is 0 Å². The number of nitrogens with zero attached hydrogens (tertiary/aromatic N) is 2. The number of piperazine rings is 1. The van der Waals surface area contributed by atoms with Crippen molar-refractivity contribution in [2.24, 2.45) is 10.8 Å². The summed E-state index contributed by atoms with van der Waals surface area (Å²) < 4.78 is 0. The number of rotatable bonds is 1. The van der Waals surface area contributed by atoms with Crippen LogP contribution in [0.5, 0.6) is 0 Å². The smallest absolute Gasteiger partial charge is 0.0224 e. The van der Waals surface area contributed by atoms with Crippen LogP contribution in [0, 0.1) is 10.8 Å².